The molecule has 0 saturated heterocycles. The van der Waals surface area contributed by atoms with Crippen molar-refractivity contribution in [1.82, 2.24) is 9.55 Å². The minimum absolute atomic E-state index is 0.225. The summed E-state index contributed by atoms with van der Waals surface area (Å²) in [4.78, 5) is 9.29. The monoisotopic (exact) mass is 421 g/mol. The Morgan fingerprint density at radius 3 is 2.56 bits per heavy atom. The number of rotatable bonds is 3. The first kappa shape index (κ1) is 17.7. The maximum Gasteiger partial charge on any atom is 0.230 e. The van der Waals surface area contributed by atoms with E-state index in [0.717, 1.165) is 32.8 Å². The SMILES string of the molecule is CCn1c(/N=C/c2cc(Br)c3ccccc3c2O)nc2cc(C)c(C)cc21. The molecular weight excluding hydrogens is 402 g/mol. The van der Waals surface area contributed by atoms with Gasteiger partial charge in [0, 0.05) is 28.2 Å². The highest BCUT2D eigenvalue weighted by Gasteiger charge is 2.12. The zero-order valence-electron chi connectivity index (χ0n) is 15.5. The molecule has 4 nitrogen and oxygen atoms in total. The van der Waals surface area contributed by atoms with Crippen LogP contribution in [0, 0.1) is 13.8 Å². The summed E-state index contributed by atoms with van der Waals surface area (Å²) in [5, 5.41) is 12.4. The van der Waals surface area contributed by atoms with Crippen molar-refractivity contribution in [2.75, 3.05) is 0 Å². The molecule has 3 aromatic carbocycles. The van der Waals surface area contributed by atoms with Gasteiger partial charge in [0.15, 0.2) is 0 Å². The quantitative estimate of drug-likeness (QED) is 0.409. The fourth-order valence-corrected chi connectivity index (χ4v) is 3.93. The summed E-state index contributed by atoms with van der Waals surface area (Å²) in [5.74, 6) is 0.865. The number of aromatic nitrogens is 2. The number of hydrogen-bond acceptors (Lipinski definition) is 3. The first-order chi connectivity index (χ1) is 13.0. The summed E-state index contributed by atoms with van der Waals surface area (Å²) in [7, 11) is 0. The summed E-state index contributed by atoms with van der Waals surface area (Å²) >= 11 is 3.59. The molecule has 5 heteroatoms. The molecule has 0 aliphatic rings. The van der Waals surface area contributed by atoms with Crippen molar-refractivity contribution in [3.05, 3.63) is 63.6 Å². The second kappa shape index (κ2) is 6.82. The Balaban J connectivity index is 1.84. The first-order valence-corrected chi connectivity index (χ1v) is 9.70. The number of nitrogens with zero attached hydrogens (tertiary/aromatic N) is 3. The number of imidazole rings is 1. The van der Waals surface area contributed by atoms with Crippen LogP contribution in [0.15, 0.2) is 51.9 Å². The van der Waals surface area contributed by atoms with E-state index >= 15 is 0 Å². The van der Waals surface area contributed by atoms with Gasteiger partial charge in [-0.1, -0.05) is 40.2 Å². The molecule has 0 atom stereocenters. The Labute approximate surface area is 166 Å². The van der Waals surface area contributed by atoms with Crippen LogP contribution in [0.25, 0.3) is 21.8 Å². The van der Waals surface area contributed by atoms with Crippen molar-refractivity contribution in [2.24, 2.45) is 4.99 Å². The van der Waals surface area contributed by atoms with Crippen LogP contribution in [-0.2, 0) is 6.54 Å². The van der Waals surface area contributed by atoms with E-state index in [9.17, 15) is 5.11 Å². The second-order valence-corrected chi connectivity index (χ2v) is 7.54. The number of halogens is 1. The topological polar surface area (TPSA) is 50.4 Å². The zero-order chi connectivity index (χ0) is 19.1. The van der Waals surface area contributed by atoms with Crippen molar-refractivity contribution in [1.29, 1.82) is 0 Å². The lowest BCUT2D eigenvalue weighted by Gasteiger charge is -2.07. The van der Waals surface area contributed by atoms with Gasteiger partial charge in [-0.2, -0.15) is 0 Å². The number of aromatic hydroxyl groups is 1. The third-order valence-electron chi connectivity index (χ3n) is 4.97. The van der Waals surface area contributed by atoms with Gasteiger partial charge in [0.2, 0.25) is 5.95 Å². The Bertz CT molecular complexity index is 1210. The molecule has 0 aliphatic heterocycles. The van der Waals surface area contributed by atoms with Crippen LogP contribution < -0.4 is 0 Å². The van der Waals surface area contributed by atoms with Crippen LogP contribution in [0.4, 0.5) is 5.95 Å². The standard InChI is InChI=1S/C22H20BrN3O/c1-4-26-20-10-14(3)13(2)9-19(20)25-22(26)24-12-15-11-18(23)16-7-5-6-8-17(16)21(15)27/h5-12,27H,4H2,1-3H3/b24-12+. The fraction of sp³-hybridized carbons (Fsp3) is 0.182. The zero-order valence-corrected chi connectivity index (χ0v) is 17.1. The molecule has 1 N–H and O–H groups in total. The second-order valence-electron chi connectivity index (χ2n) is 6.68. The minimum atomic E-state index is 0.225. The van der Waals surface area contributed by atoms with Crippen LogP contribution in [-0.4, -0.2) is 20.9 Å². The summed E-state index contributed by atoms with van der Waals surface area (Å²) in [5.41, 5.74) is 5.13. The highest BCUT2D eigenvalue weighted by molar-refractivity contribution is 9.10. The van der Waals surface area contributed by atoms with Crippen molar-refractivity contribution in [2.45, 2.75) is 27.3 Å². The van der Waals surface area contributed by atoms with Crippen LogP contribution in [0.5, 0.6) is 5.75 Å². The van der Waals surface area contributed by atoms with Gasteiger partial charge in [0.25, 0.3) is 0 Å². The summed E-state index contributed by atoms with van der Waals surface area (Å²) in [6.45, 7) is 7.06. The Hall–Kier alpha value is -2.66. The molecule has 0 bridgehead atoms. The molecule has 1 heterocycles. The molecule has 0 fully saturated rings. The van der Waals surface area contributed by atoms with Crippen LogP contribution in [0.2, 0.25) is 0 Å². The molecule has 1 aromatic heterocycles. The van der Waals surface area contributed by atoms with E-state index in [0.29, 0.717) is 11.5 Å². The molecule has 27 heavy (non-hydrogen) atoms. The largest absolute Gasteiger partial charge is 0.507 e. The summed E-state index contributed by atoms with van der Waals surface area (Å²) < 4.78 is 3.01. The van der Waals surface area contributed by atoms with Gasteiger partial charge in [0.1, 0.15) is 5.75 Å². The maximum atomic E-state index is 10.7. The maximum absolute atomic E-state index is 10.7. The molecule has 0 spiro atoms. The summed E-state index contributed by atoms with van der Waals surface area (Å²) in [6.07, 6.45) is 1.68. The number of fused-ring (bicyclic) bond motifs is 2. The van der Waals surface area contributed by atoms with E-state index in [1.54, 1.807) is 6.21 Å². The van der Waals surface area contributed by atoms with Gasteiger partial charge >= 0.3 is 0 Å². The highest BCUT2D eigenvalue weighted by Crippen LogP contribution is 2.34. The Kier molecular flexibility index (Phi) is 4.48. The average molecular weight is 422 g/mol. The van der Waals surface area contributed by atoms with Crippen molar-refractivity contribution >= 4 is 49.9 Å². The Morgan fingerprint density at radius 1 is 1.11 bits per heavy atom. The number of phenolic OH excluding ortho intramolecular Hbond substituents is 1. The molecule has 0 saturated carbocycles. The van der Waals surface area contributed by atoms with Gasteiger partial charge in [-0.3, -0.25) is 0 Å². The third-order valence-corrected chi connectivity index (χ3v) is 5.63. The van der Waals surface area contributed by atoms with E-state index in [1.807, 2.05) is 30.3 Å². The first-order valence-electron chi connectivity index (χ1n) is 8.91. The van der Waals surface area contributed by atoms with Gasteiger partial charge in [-0.15, -0.1) is 0 Å². The van der Waals surface area contributed by atoms with E-state index < -0.39 is 0 Å². The van der Waals surface area contributed by atoms with Crippen LogP contribution >= 0.6 is 15.9 Å². The van der Waals surface area contributed by atoms with Crippen LogP contribution in [0.1, 0.15) is 23.6 Å². The summed E-state index contributed by atoms with van der Waals surface area (Å²) in [6, 6.07) is 13.9. The lowest BCUT2D eigenvalue weighted by atomic mass is 10.1. The average Bonchev–Trinajstić information content (AvgIpc) is 3.00. The van der Waals surface area contributed by atoms with Gasteiger partial charge < -0.3 is 9.67 Å². The van der Waals surface area contributed by atoms with Gasteiger partial charge in [-0.05, 0) is 55.5 Å². The van der Waals surface area contributed by atoms with Crippen LogP contribution in [0.3, 0.4) is 0 Å². The molecule has 0 amide bonds. The van der Waals surface area contributed by atoms with E-state index in [4.69, 9.17) is 0 Å². The van der Waals surface area contributed by atoms with Gasteiger partial charge in [0.05, 0.1) is 11.0 Å². The minimum Gasteiger partial charge on any atom is -0.507 e. The Morgan fingerprint density at radius 2 is 1.81 bits per heavy atom. The lowest BCUT2D eigenvalue weighted by molar-refractivity contribution is 0.481. The fourth-order valence-electron chi connectivity index (χ4n) is 3.34. The molecule has 4 aromatic rings. The number of aliphatic imine (C=N–C) groups is 1. The normalized spacial score (nSPS) is 11.9. The molecule has 0 unspecified atom stereocenters. The number of hydrogen-bond donors (Lipinski definition) is 1. The van der Waals surface area contributed by atoms with E-state index in [1.165, 1.54) is 11.1 Å². The van der Waals surface area contributed by atoms with Crippen molar-refractivity contribution in [3.63, 3.8) is 0 Å². The lowest BCUT2D eigenvalue weighted by Crippen LogP contribution is -1.94. The van der Waals surface area contributed by atoms with E-state index in [-0.39, 0.29) is 5.75 Å². The highest BCUT2D eigenvalue weighted by atomic mass is 79.9. The smallest absolute Gasteiger partial charge is 0.230 e. The number of benzene rings is 3. The number of phenols is 1. The van der Waals surface area contributed by atoms with Crippen molar-refractivity contribution in [3.8, 4) is 5.75 Å². The molecule has 4 rings (SSSR count). The predicted octanol–water partition coefficient (Wildman–Crippen LogP) is 6.04. The van der Waals surface area contributed by atoms with E-state index in [2.05, 4.69) is 63.4 Å². The number of aryl methyl sites for hydroxylation is 3. The van der Waals surface area contributed by atoms with Gasteiger partial charge in [-0.25, -0.2) is 9.98 Å². The third kappa shape index (κ3) is 3.02. The molecule has 0 aliphatic carbocycles. The van der Waals surface area contributed by atoms with Crippen molar-refractivity contribution < 1.29 is 5.11 Å². The molecular formula is C22H20BrN3O. The predicted molar refractivity (Wildman–Crippen MR) is 115 cm³/mol. The molecule has 0 radical (unpaired) electrons. The molecule has 136 valence electrons.